The van der Waals surface area contributed by atoms with E-state index in [-0.39, 0.29) is 5.91 Å². The van der Waals surface area contributed by atoms with Crippen LogP contribution in [-0.4, -0.2) is 19.6 Å². The summed E-state index contributed by atoms with van der Waals surface area (Å²) in [5, 5.41) is 6.21. The van der Waals surface area contributed by atoms with Crippen LogP contribution in [-0.2, 0) is 11.3 Å². The summed E-state index contributed by atoms with van der Waals surface area (Å²) in [6.07, 6.45) is 2.17. The second kappa shape index (κ2) is 8.89. The van der Waals surface area contributed by atoms with Gasteiger partial charge >= 0.3 is 0 Å². The molecular formula is C20H24N2O2. The molecule has 4 heteroatoms. The van der Waals surface area contributed by atoms with Gasteiger partial charge in [0.2, 0.25) is 5.91 Å². The summed E-state index contributed by atoms with van der Waals surface area (Å²) < 4.78 is 5.27. The summed E-state index contributed by atoms with van der Waals surface area (Å²) in [6.45, 7) is 5.12. The predicted molar refractivity (Wildman–Crippen MR) is 99.1 cm³/mol. The molecule has 0 aromatic heterocycles. The Kier molecular flexibility index (Phi) is 6.58. The minimum absolute atomic E-state index is 0.111. The van der Waals surface area contributed by atoms with Gasteiger partial charge in [-0.25, -0.2) is 0 Å². The van der Waals surface area contributed by atoms with E-state index in [0.29, 0.717) is 11.4 Å². The monoisotopic (exact) mass is 324 g/mol. The molecule has 0 fully saturated rings. The molecular weight excluding hydrogens is 300 g/mol. The highest BCUT2D eigenvalue weighted by Gasteiger charge is 2.06. The molecule has 24 heavy (non-hydrogen) atoms. The Labute approximate surface area is 143 Å². The fourth-order valence-corrected chi connectivity index (χ4v) is 2.44. The molecule has 0 bridgehead atoms. The Morgan fingerprint density at radius 2 is 1.88 bits per heavy atom. The Hall–Kier alpha value is -2.59. The van der Waals surface area contributed by atoms with E-state index in [4.69, 9.17) is 4.74 Å². The zero-order chi connectivity index (χ0) is 17.4. The van der Waals surface area contributed by atoms with Gasteiger partial charge in [-0.2, -0.15) is 0 Å². The van der Waals surface area contributed by atoms with E-state index >= 15 is 0 Å². The van der Waals surface area contributed by atoms with Gasteiger partial charge < -0.3 is 15.4 Å². The number of rotatable bonds is 7. The number of carbonyl (C=O) groups excluding carboxylic acids is 1. The molecule has 0 aliphatic heterocycles. The van der Waals surface area contributed by atoms with E-state index in [2.05, 4.69) is 35.8 Å². The second-order valence-electron chi connectivity index (χ2n) is 5.72. The second-order valence-corrected chi connectivity index (χ2v) is 5.72. The van der Waals surface area contributed by atoms with Crippen molar-refractivity contribution < 1.29 is 9.53 Å². The van der Waals surface area contributed by atoms with Crippen molar-refractivity contribution in [2.24, 2.45) is 0 Å². The highest BCUT2D eigenvalue weighted by molar-refractivity contribution is 5.90. The van der Waals surface area contributed by atoms with Crippen LogP contribution < -0.4 is 15.4 Å². The summed E-state index contributed by atoms with van der Waals surface area (Å²) >= 11 is 0. The van der Waals surface area contributed by atoms with E-state index in [9.17, 15) is 4.79 Å². The molecule has 0 heterocycles. The normalized spacial score (nSPS) is 11.2. The first kappa shape index (κ1) is 17.8. The van der Waals surface area contributed by atoms with Crippen LogP contribution in [0.4, 0.5) is 5.69 Å². The topological polar surface area (TPSA) is 50.4 Å². The van der Waals surface area contributed by atoms with Crippen molar-refractivity contribution in [2.75, 3.05) is 19.0 Å². The van der Waals surface area contributed by atoms with Gasteiger partial charge in [-0.05, 0) is 30.2 Å². The van der Waals surface area contributed by atoms with Crippen LogP contribution >= 0.6 is 0 Å². The SMILES string of the molecule is COc1ccc(CNC/C(C)=C\c2ccccc2)cc1NC(C)=O. The number of hydrogen-bond donors (Lipinski definition) is 2. The van der Waals surface area contributed by atoms with Crippen molar-refractivity contribution in [3.63, 3.8) is 0 Å². The first-order valence-electron chi connectivity index (χ1n) is 7.96. The third kappa shape index (κ3) is 5.56. The average molecular weight is 324 g/mol. The molecule has 2 aromatic carbocycles. The van der Waals surface area contributed by atoms with Crippen LogP contribution in [0.1, 0.15) is 25.0 Å². The van der Waals surface area contributed by atoms with Crippen LogP contribution in [0.25, 0.3) is 6.08 Å². The Morgan fingerprint density at radius 3 is 2.54 bits per heavy atom. The first-order valence-corrected chi connectivity index (χ1v) is 7.96. The van der Waals surface area contributed by atoms with E-state index in [1.165, 1.54) is 18.1 Å². The zero-order valence-corrected chi connectivity index (χ0v) is 14.4. The van der Waals surface area contributed by atoms with E-state index in [0.717, 1.165) is 18.7 Å². The molecule has 0 atom stereocenters. The Balaban J connectivity index is 1.94. The predicted octanol–water partition coefficient (Wildman–Crippen LogP) is 3.85. The lowest BCUT2D eigenvalue weighted by molar-refractivity contribution is -0.114. The number of amides is 1. The molecule has 0 unspecified atom stereocenters. The minimum atomic E-state index is -0.111. The molecule has 0 radical (unpaired) electrons. The maximum atomic E-state index is 11.3. The van der Waals surface area contributed by atoms with E-state index in [1.54, 1.807) is 7.11 Å². The third-order valence-electron chi connectivity index (χ3n) is 3.52. The molecule has 2 N–H and O–H groups in total. The van der Waals surface area contributed by atoms with Gasteiger partial charge in [-0.3, -0.25) is 4.79 Å². The molecule has 2 rings (SSSR count). The standard InChI is InChI=1S/C20H24N2O2/c1-15(11-17-7-5-4-6-8-17)13-21-14-18-9-10-20(24-3)19(12-18)22-16(2)23/h4-12,21H,13-14H2,1-3H3,(H,22,23)/b15-11-. The van der Waals surface area contributed by atoms with Crippen LogP contribution in [0, 0.1) is 0 Å². The molecule has 0 saturated carbocycles. The van der Waals surface area contributed by atoms with Gasteiger partial charge in [0.15, 0.2) is 0 Å². The number of nitrogens with one attached hydrogen (secondary N) is 2. The number of ether oxygens (including phenoxy) is 1. The van der Waals surface area contributed by atoms with Crippen molar-refractivity contribution in [3.8, 4) is 5.75 Å². The smallest absolute Gasteiger partial charge is 0.221 e. The maximum Gasteiger partial charge on any atom is 0.221 e. The van der Waals surface area contributed by atoms with Gasteiger partial charge in [0, 0.05) is 20.0 Å². The van der Waals surface area contributed by atoms with Gasteiger partial charge in [-0.15, -0.1) is 0 Å². The average Bonchev–Trinajstić information content (AvgIpc) is 2.55. The summed E-state index contributed by atoms with van der Waals surface area (Å²) in [5.41, 5.74) is 4.25. The molecule has 4 nitrogen and oxygen atoms in total. The summed E-state index contributed by atoms with van der Waals surface area (Å²) in [4.78, 5) is 11.3. The van der Waals surface area contributed by atoms with Crippen molar-refractivity contribution in [3.05, 3.63) is 65.2 Å². The Bertz CT molecular complexity index is 709. The minimum Gasteiger partial charge on any atom is -0.495 e. The van der Waals surface area contributed by atoms with Crippen molar-refractivity contribution >= 4 is 17.7 Å². The van der Waals surface area contributed by atoms with Gasteiger partial charge in [-0.1, -0.05) is 48.0 Å². The van der Waals surface area contributed by atoms with Crippen LogP contribution in [0.5, 0.6) is 5.75 Å². The number of benzene rings is 2. The molecule has 0 aliphatic carbocycles. The third-order valence-corrected chi connectivity index (χ3v) is 3.52. The fourth-order valence-electron chi connectivity index (χ4n) is 2.44. The number of hydrogen-bond acceptors (Lipinski definition) is 3. The van der Waals surface area contributed by atoms with E-state index < -0.39 is 0 Å². The maximum absolute atomic E-state index is 11.3. The lowest BCUT2D eigenvalue weighted by Crippen LogP contribution is -2.16. The Morgan fingerprint density at radius 1 is 1.12 bits per heavy atom. The van der Waals surface area contributed by atoms with Gasteiger partial charge in [0.05, 0.1) is 12.8 Å². The largest absolute Gasteiger partial charge is 0.495 e. The quantitative estimate of drug-likeness (QED) is 0.813. The fraction of sp³-hybridized carbons (Fsp3) is 0.250. The number of anilines is 1. The summed E-state index contributed by atoms with van der Waals surface area (Å²) in [5.74, 6) is 0.550. The van der Waals surface area contributed by atoms with Gasteiger partial charge in [0.1, 0.15) is 5.75 Å². The van der Waals surface area contributed by atoms with Crippen molar-refractivity contribution in [1.82, 2.24) is 5.32 Å². The molecule has 2 aromatic rings. The first-order chi connectivity index (χ1) is 11.6. The summed E-state index contributed by atoms with van der Waals surface area (Å²) in [7, 11) is 1.59. The number of methoxy groups -OCH3 is 1. The summed E-state index contributed by atoms with van der Waals surface area (Å²) in [6, 6.07) is 16.1. The zero-order valence-electron chi connectivity index (χ0n) is 14.4. The van der Waals surface area contributed by atoms with Crippen LogP contribution in [0.15, 0.2) is 54.1 Å². The molecule has 0 saturated heterocycles. The highest BCUT2D eigenvalue weighted by atomic mass is 16.5. The van der Waals surface area contributed by atoms with Crippen LogP contribution in [0.3, 0.4) is 0 Å². The molecule has 1 amide bonds. The van der Waals surface area contributed by atoms with E-state index in [1.807, 2.05) is 36.4 Å². The molecule has 0 spiro atoms. The van der Waals surface area contributed by atoms with Crippen molar-refractivity contribution in [1.29, 1.82) is 0 Å². The van der Waals surface area contributed by atoms with Crippen molar-refractivity contribution in [2.45, 2.75) is 20.4 Å². The molecule has 0 aliphatic rings. The lowest BCUT2D eigenvalue weighted by Gasteiger charge is -2.12. The number of carbonyl (C=O) groups is 1. The van der Waals surface area contributed by atoms with Crippen LogP contribution in [0.2, 0.25) is 0 Å². The van der Waals surface area contributed by atoms with Gasteiger partial charge in [0.25, 0.3) is 0 Å². The molecule has 126 valence electrons. The highest BCUT2D eigenvalue weighted by Crippen LogP contribution is 2.25. The lowest BCUT2D eigenvalue weighted by atomic mass is 10.1.